The summed E-state index contributed by atoms with van der Waals surface area (Å²) in [5, 5.41) is 0. The number of allylic oxidation sites excluding steroid dienone is 1. The second kappa shape index (κ2) is 2.94. The summed E-state index contributed by atoms with van der Waals surface area (Å²) in [6, 6.07) is 11.3. The zero-order chi connectivity index (χ0) is 8.39. The van der Waals surface area contributed by atoms with Crippen molar-refractivity contribution in [3.63, 3.8) is 0 Å². The molecule has 59 valence electrons. The molecule has 0 saturated heterocycles. The first-order valence-corrected chi connectivity index (χ1v) is 4.02. The normalized spacial score (nSPS) is 16.6. The van der Waals surface area contributed by atoms with E-state index in [2.05, 4.69) is 17.1 Å². The van der Waals surface area contributed by atoms with Crippen molar-refractivity contribution in [3.05, 3.63) is 54.1 Å². The van der Waals surface area contributed by atoms with Crippen LogP contribution in [-0.4, -0.2) is 5.71 Å². The number of nitrogens with zero attached hydrogens (tertiary/aromatic N) is 1. The maximum absolute atomic E-state index is 4.38. The van der Waals surface area contributed by atoms with Gasteiger partial charge in [0.05, 0.1) is 5.71 Å². The first-order valence-electron chi connectivity index (χ1n) is 4.02. The molecule has 0 aliphatic carbocycles. The lowest BCUT2D eigenvalue weighted by atomic mass is 10.1. The van der Waals surface area contributed by atoms with E-state index in [1.54, 1.807) is 0 Å². The fourth-order valence-electron chi connectivity index (χ4n) is 1.23. The van der Waals surface area contributed by atoms with Crippen LogP contribution in [0.5, 0.6) is 0 Å². The average Bonchev–Trinajstić information content (AvgIpc) is 2.54. The summed E-state index contributed by atoms with van der Waals surface area (Å²) in [5.74, 6) is 0. The Kier molecular flexibility index (Phi) is 1.78. The van der Waals surface area contributed by atoms with Gasteiger partial charge in [-0.1, -0.05) is 36.4 Å². The van der Waals surface area contributed by atoms with Crippen molar-refractivity contribution in [2.75, 3.05) is 0 Å². The Morgan fingerprint density at radius 2 is 1.75 bits per heavy atom. The van der Waals surface area contributed by atoms with Crippen molar-refractivity contribution in [3.8, 4) is 0 Å². The summed E-state index contributed by atoms with van der Waals surface area (Å²) < 4.78 is 0. The summed E-state index contributed by atoms with van der Waals surface area (Å²) in [6.45, 7) is 2.01. The topological polar surface area (TPSA) is 12.4 Å². The summed E-state index contributed by atoms with van der Waals surface area (Å²) >= 11 is 0. The number of benzene rings is 1. The molecular weight excluding hydrogens is 146 g/mol. The van der Waals surface area contributed by atoms with Crippen molar-refractivity contribution >= 4 is 5.71 Å². The molecule has 1 aromatic carbocycles. The van der Waals surface area contributed by atoms with Crippen LogP contribution in [0.4, 0.5) is 0 Å². The van der Waals surface area contributed by atoms with Gasteiger partial charge in [0.2, 0.25) is 0 Å². The predicted molar refractivity (Wildman–Crippen MR) is 51.0 cm³/mol. The second-order valence-electron chi connectivity index (χ2n) is 2.84. The van der Waals surface area contributed by atoms with Crippen LogP contribution >= 0.6 is 0 Å². The minimum atomic E-state index is 1.06. The molecule has 2 rings (SSSR count). The molecule has 0 amide bonds. The van der Waals surface area contributed by atoms with E-state index in [4.69, 9.17) is 0 Å². The zero-order valence-electron chi connectivity index (χ0n) is 6.99. The highest BCUT2D eigenvalue weighted by Crippen LogP contribution is 2.15. The third kappa shape index (κ3) is 1.30. The highest BCUT2D eigenvalue weighted by atomic mass is 14.8. The third-order valence-electron chi connectivity index (χ3n) is 1.85. The second-order valence-corrected chi connectivity index (χ2v) is 2.84. The first-order chi connectivity index (χ1) is 5.86. The minimum Gasteiger partial charge on any atom is -0.271 e. The number of hydrogen-bond donors (Lipinski definition) is 0. The lowest BCUT2D eigenvalue weighted by Gasteiger charge is -1.96. The maximum Gasteiger partial charge on any atom is 0.105 e. The Hall–Kier alpha value is -1.37. The van der Waals surface area contributed by atoms with E-state index in [0.717, 1.165) is 11.8 Å². The van der Waals surface area contributed by atoms with Gasteiger partial charge < -0.3 is 0 Å². The fraction of sp³-hybridized carbons (Fsp3) is 0.0909. The van der Waals surface area contributed by atoms with Gasteiger partial charge in [-0.3, -0.25) is 4.99 Å². The Bertz CT molecular complexity index is 322. The van der Waals surface area contributed by atoms with Crippen LogP contribution in [0.1, 0.15) is 12.5 Å². The van der Waals surface area contributed by atoms with Crippen LogP contribution in [-0.2, 0) is 0 Å². The third-order valence-corrected chi connectivity index (χ3v) is 1.85. The van der Waals surface area contributed by atoms with E-state index in [9.17, 15) is 0 Å². The van der Waals surface area contributed by atoms with E-state index >= 15 is 0 Å². The predicted octanol–water partition coefficient (Wildman–Crippen LogP) is 2.60. The molecule has 1 nitrogen and oxygen atoms in total. The molecule has 1 aliphatic heterocycles. The molecule has 1 aliphatic rings. The first kappa shape index (κ1) is 7.29. The molecule has 1 heteroatoms. The van der Waals surface area contributed by atoms with E-state index in [1.807, 2.05) is 37.3 Å². The highest BCUT2D eigenvalue weighted by molar-refractivity contribution is 6.10. The average molecular weight is 156 g/mol. The van der Waals surface area contributed by atoms with Gasteiger partial charge in [-0.05, 0) is 18.6 Å². The van der Waals surface area contributed by atoms with Crippen molar-refractivity contribution < 1.29 is 0 Å². The quantitative estimate of drug-likeness (QED) is 0.592. The van der Waals surface area contributed by atoms with Crippen molar-refractivity contribution in [2.24, 2.45) is 4.99 Å². The smallest absolute Gasteiger partial charge is 0.105 e. The van der Waals surface area contributed by atoms with Gasteiger partial charge in [-0.2, -0.15) is 0 Å². The summed E-state index contributed by atoms with van der Waals surface area (Å²) in [7, 11) is 0. The number of rotatable bonds is 1. The lowest BCUT2D eigenvalue weighted by molar-refractivity contribution is 1.16. The molecule has 0 spiro atoms. The molecule has 0 N–H and O–H groups in total. The van der Waals surface area contributed by atoms with Crippen LogP contribution < -0.4 is 0 Å². The van der Waals surface area contributed by atoms with E-state index in [-0.39, 0.29) is 0 Å². The van der Waals surface area contributed by atoms with Gasteiger partial charge >= 0.3 is 0 Å². The molecule has 0 aromatic heterocycles. The van der Waals surface area contributed by atoms with Crippen LogP contribution in [0.25, 0.3) is 0 Å². The van der Waals surface area contributed by atoms with Crippen molar-refractivity contribution in [1.82, 2.24) is 0 Å². The molecular formula is C11H10N. The van der Waals surface area contributed by atoms with Gasteiger partial charge in [0.25, 0.3) is 0 Å². The van der Waals surface area contributed by atoms with Crippen LogP contribution in [0.2, 0.25) is 0 Å². The number of aliphatic imine (C=N–C) groups is 1. The molecule has 0 saturated carbocycles. The molecule has 0 fully saturated rings. The van der Waals surface area contributed by atoms with Gasteiger partial charge in [-0.25, -0.2) is 0 Å². The standard InChI is InChI=1S/C11H10N/c1-9-7-8-11(12-9)10-5-3-2-4-6-10/h2-8H,1H3. The van der Waals surface area contributed by atoms with Crippen LogP contribution in [0, 0.1) is 6.04 Å². The molecule has 1 radical (unpaired) electrons. The number of hydrogen-bond acceptors (Lipinski definition) is 1. The molecule has 1 heterocycles. The van der Waals surface area contributed by atoms with Gasteiger partial charge in [-0.15, -0.1) is 0 Å². The van der Waals surface area contributed by atoms with Crippen molar-refractivity contribution in [1.29, 1.82) is 0 Å². The van der Waals surface area contributed by atoms with Gasteiger partial charge in [0.1, 0.15) is 6.04 Å². The Morgan fingerprint density at radius 1 is 1.00 bits per heavy atom. The van der Waals surface area contributed by atoms with Gasteiger partial charge in [0.15, 0.2) is 0 Å². The largest absolute Gasteiger partial charge is 0.271 e. The zero-order valence-corrected chi connectivity index (χ0v) is 6.99. The summed E-state index contributed by atoms with van der Waals surface area (Å²) in [6.07, 6.45) is 4.08. The SMILES string of the molecule is C[C]1C=CC(c2ccccc2)=N1. The molecule has 0 unspecified atom stereocenters. The monoisotopic (exact) mass is 156 g/mol. The van der Waals surface area contributed by atoms with E-state index in [0.29, 0.717) is 0 Å². The minimum absolute atomic E-state index is 1.06. The fourth-order valence-corrected chi connectivity index (χ4v) is 1.23. The maximum atomic E-state index is 4.38. The van der Waals surface area contributed by atoms with Gasteiger partial charge in [0, 0.05) is 0 Å². The van der Waals surface area contributed by atoms with Crippen molar-refractivity contribution in [2.45, 2.75) is 6.92 Å². The van der Waals surface area contributed by atoms with Crippen LogP contribution in [0.3, 0.4) is 0 Å². The molecule has 12 heavy (non-hydrogen) atoms. The Morgan fingerprint density at radius 3 is 2.33 bits per heavy atom. The van der Waals surface area contributed by atoms with E-state index < -0.39 is 0 Å². The highest BCUT2D eigenvalue weighted by Gasteiger charge is 2.07. The molecule has 0 bridgehead atoms. The Balaban J connectivity index is 2.34. The van der Waals surface area contributed by atoms with Crippen LogP contribution in [0.15, 0.2) is 47.5 Å². The van der Waals surface area contributed by atoms with E-state index in [1.165, 1.54) is 5.56 Å². The summed E-state index contributed by atoms with van der Waals surface area (Å²) in [4.78, 5) is 4.38. The molecule has 1 aromatic rings. The lowest BCUT2D eigenvalue weighted by Crippen LogP contribution is -1.92. The summed E-state index contributed by atoms with van der Waals surface area (Å²) in [5.41, 5.74) is 2.25. The Labute approximate surface area is 72.5 Å². The molecule has 0 atom stereocenters.